The number of aliphatic carboxylic acids is 1. The number of anilines is 1. The molecular weight excluding hydrogens is 322 g/mol. The second-order valence-electron chi connectivity index (χ2n) is 4.64. The number of carbonyl (C=O) groups excluding carboxylic acids is 1. The van der Waals surface area contributed by atoms with Crippen LogP contribution >= 0.6 is 11.3 Å². The summed E-state index contributed by atoms with van der Waals surface area (Å²) in [7, 11) is 0. The van der Waals surface area contributed by atoms with Crippen molar-refractivity contribution in [3.05, 3.63) is 39.8 Å². The molecule has 0 saturated carbocycles. The second-order valence-corrected chi connectivity index (χ2v) is 5.50. The molecule has 1 aromatic heterocycles. The van der Waals surface area contributed by atoms with Gasteiger partial charge in [0.1, 0.15) is 0 Å². The van der Waals surface area contributed by atoms with E-state index in [2.05, 4.69) is 10.3 Å². The summed E-state index contributed by atoms with van der Waals surface area (Å²) in [5.41, 5.74) is 1.08. The first-order valence-corrected chi connectivity index (χ1v) is 7.55. The molecule has 1 heterocycles. The molecule has 0 unspecified atom stereocenters. The summed E-state index contributed by atoms with van der Waals surface area (Å²) in [6.45, 7) is 0. The fraction of sp³-hybridized carbons (Fsp3) is 0.214. The molecule has 1 aromatic carbocycles. The van der Waals surface area contributed by atoms with Crippen molar-refractivity contribution in [3.63, 3.8) is 0 Å². The molecule has 9 heteroatoms. The van der Waals surface area contributed by atoms with E-state index < -0.39 is 10.9 Å². The topological polar surface area (TPSA) is 122 Å². The van der Waals surface area contributed by atoms with Crippen LogP contribution in [-0.4, -0.2) is 26.9 Å². The summed E-state index contributed by atoms with van der Waals surface area (Å²) < 4.78 is 0. The third-order valence-electron chi connectivity index (χ3n) is 2.90. The van der Waals surface area contributed by atoms with E-state index in [4.69, 9.17) is 5.11 Å². The fourth-order valence-corrected chi connectivity index (χ4v) is 2.56. The predicted molar refractivity (Wildman–Crippen MR) is 84.3 cm³/mol. The van der Waals surface area contributed by atoms with Gasteiger partial charge in [0.2, 0.25) is 5.91 Å². The van der Waals surface area contributed by atoms with Crippen molar-refractivity contribution in [2.45, 2.75) is 19.3 Å². The van der Waals surface area contributed by atoms with Crippen LogP contribution in [0.2, 0.25) is 0 Å². The average Bonchev–Trinajstić information content (AvgIpc) is 2.95. The summed E-state index contributed by atoms with van der Waals surface area (Å²) in [6.07, 6.45) is 0.284. The molecule has 2 aromatic rings. The van der Waals surface area contributed by atoms with Crippen molar-refractivity contribution >= 4 is 34.0 Å². The molecule has 0 aliphatic rings. The minimum Gasteiger partial charge on any atom is -0.481 e. The van der Waals surface area contributed by atoms with Crippen LogP contribution in [0.5, 0.6) is 0 Å². The first-order chi connectivity index (χ1) is 11.0. The van der Waals surface area contributed by atoms with Crippen LogP contribution in [-0.2, 0) is 9.59 Å². The van der Waals surface area contributed by atoms with Gasteiger partial charge in [-0.15, -0.1) is 11.3 Å². The Kier molecular flexibility index (Phi) is 5.36. The molecule has 0 saturated heterocycles. The van der Waals surface area contributed by atoms with Crippen LogP contribution in [0, 0.1) is 10.1 Å². The lowest BCUT2D eigenvalue weighted by molar-refractivity contribution is -0.384. The van der Waals surface area contributed by atoms with Crippen LogP contribution in [0.1, 0.15) is 19.3 Å². The Balaban J connectivity index is 2.00. The number of carboxylic acid groups (broad SMARTS) is 1. The Morgan fingerprint density at radius 3 is 2.83 bits per heavy atom. The standard InChI is InChI=1S/C14H13N3O5S/c18-12(5-2-6-13(19)20)16-14-15-11(8-23-14)9-3-1-4-10(7-9)17(21)22/h1,3-4,7-8H,2,5-6H2,(H,19,20)(H,15,16,18). The number of thiazole rings is 1. The van der Waals surface area contributed by atoms with E-state index in [1.54, 1.807) is 17.5 Å². The van der Waals surface area contributed by atoms with Gasteiger partial charge in [-0.1, -0.05) is 12.1 Å². The fourth-order valence-electron chi connectivity index (χ4n) is 1.82. The minimum atomic E-state index is -0.944. The molecule has 0 spiro atoms. The SMILES string of the molecule is O=C(O)CCCC(=O)Nc1nc(-c2cccc([N+](=O)[O-])c2)cs1. The van der Waals surface area contributed by atoms with Crippen LogP contribution in [0.3, 0.4) is 0 Å². The van der Waals surface area contributed by atoms with Crippen molar-refractivity contribution in [3.8, 4) is 11.3 Å². The van der Waals surface area contributed by atoms with Gasteiger partial charge in [0.25, 0.3) is 5.69 Å². The highest BCUT2D eigenvalue weighted by molar-refractivity contribution is 7.14. The van der Waals surface area contributed by atoms with Gasteiger partial charge in [-0.3, -0.25) is 19.7 Å². The molecule has 23 heavy (non-hydrogen) atoms. The largest absolute Gasteiger partial charge is 0.481 e. The molecule has 8 nitrogen and oxygen atoms in total. The molecule has 0 fully saturated rings. The first kappa shape index (κ1) is 16.6. The quantitative estimate of drug-likeness (QED) is 0.592. The number of carbonyl (C=O) groups is 2. The number of amides is 1. The molecule has 120 valence electrons. The molecule has 1 amide bonds. The van der Waals surface area contributed by atoms with Gasteiger partial charge in [-0.25, -0.2) is 4.98 Å². The normalized spacial score (nSPS) is 10.3. The summed E-state index contributed by atoms with van der Waals surface area (Å²) in [6, 6.07) is 6.06. The second kappa shape index (κ2) is 7.45. The van der Waals surface area contributed by atoms with E-state index in [1.165, 1.54) is 23.5 Å². The van der Waals surface area contributed by atoms with Gasteiger partial charge in [-0.05, 0) is 6.42 Å². The number of benzene rings is 1. The average molecular weight is 335 g/mol. The number of non-ortho nitro benzene ring substituents is 1. The maximum Gasteiger partial charge on any atom is 0.303 e. The van der Waals surface area contributed by atoms with Gasteiger partial charge in [-0.2, -0.15) is 0 Å². The van der Waals surface area contributed by atoms with Crippen molar-refractivity contribution in [1.82, 2.24) is 4.98 Å². The van der Waals surface area contributed by atoms with Crippen molar-refractivity contribution in [1.29, 1.82) is 0 Å². The Hall–Kier alpha value is -2.81. The molecule has 0 aliphatic heterocycles. The lowest BCUT2D eigenvalue weighted by atomic mass is 10.1. The number of carboxylic acids is 1. The van der Waals surface area contributed by atoms with E-state index in [9.17, 15) is 19.7 Å². The van der Waals surface area contributed by atoms with Gasteiger partial charge in [0.15, 0.2) is 5.13 Å². The lowest BCUT2D eigenvalue weighted by Gasteiger charge is -2.00. The third-order valence-corrected chi connectivity index (χ3v) is 3.66. The van der Waals surface area contributed by atoms with Crippen LogP contribution in [0.25, 0.3) is 11.3 Å². The van der Waals surface area contributed by atoms with Gasteiger partial charge in [0.05, 0.1) is 10.6 Å². The molecule has 0 radical (unpaired) electrons. The first-order valence-electron chi connectivity index (χ1n) is 6.67. The van der Waals surface area contributed by atoms with Crippen LogP contribution < -0.4 is 5.32 Å². The number of rotatable bonds is 7. The highest BCUT2D eigenvalue weighted by Gasteiger charge is 2.11. The zero-order chi connectivity index (χ0) is 16.8. The highest BCUT2D eigenvalue weighted by atomic mass is 32.1. The van der Waals surface area contributed by atoms with E-state index in [1.807, 2.05) is 0 Å². The number of nitrogens with zero attached hydrogens (tertiary/aromatic N) is 2. The summed E-state index contributed by atoms with van der Waals surface area (Å²) in [5, 5.41) is 23.9. The Morgan fingerprint density at radius 2 is 2.13 bits per heavy atom. The molecule has 0 bridgehead atoms. The molecule has 2 rings (SSSR count). The third kappa shape index (κ3) is 4.85. The summed E-state index contributed by atoms with van der Waals surface area (Å²) in [5.74, 6) is -1.26. The monoisotopic (exact) mass is 335 g/mol. The zero-order valence-electron chi connectivity index (χ0n) is 11.9. The van der Waals surface area contributed by atoms with Crippen molar-refractivity contribution in [2.24, 2.45) is 0 Å². The number of nitro groups is 1. The number of nitrogens with one attached hydrogen (secondary N) is 1. The zero-order valence-corrected chi connectivity index (χ0v) is 12.7. The van der Waals surface area contributed by atoms with Crippen molar-refractivity contribution < 1.29 is 19.6 Å². The highest BCUT2D eigenvalue weighted by Crippen LogP contribution is 2.27. The maximum atomic E-state index is 11.7. The number of aromatic nitrogens is 1. The summed E-state index contributed by atoms with van der Waals surface area (Å²) in [4.78, 5) is 36.5. The van der Waals surface area contributed by atoms with Crippen LogP contribution in [0.4, 0.5) is 10.8 Å². The lowest BCUT2D eigenvalue weighted by Crippen LogP contribution is -2.11. The van der Waals surface area contributed by atoms with Gasteiger partial charge >= 0.3 is 5.97 Å². The van der Waals surface area contributed by atoms with E-state index in [0.29, 0.717) is 16.4 Å². The molecule has 0 aliphatic carbocycles. The molecule has 0 atom stereocenters. The van der Waals surface area contributed by atoms with E-state index in [-0.39, 0.29) is 30.9 Å². The van der Waals surface area contributed by atoms with E-state index in [0.717, 1.165) is 0 Å². The molecule has 2 N–H and O–H groups in total. The molecular formula is C14H13N3O5S. The minimum absolute atomic E-state index is 0.0326. The number of nitro benzene ring substituents is 1. The Morgan fingerprint density at radius 1 is 1.35 bits per heavy atom. The van der Waals surface area contributed by atoms with Gasteiger partial charge < -0.3 is 10.4 Å². The van der Waals surface area contributed by atoms with Crippen LogP contribution in [0.15, 0.2) is 29.6 Å². The predicted octanol–water partition coefficient (Wildman–Crippen LogP) is 2.91. The summed E-state index contributed by atoms with van der Waals surface area (Å²) >= 11 is 1.20. The Labute approximate surface area is 134 Å². The van der Waals surface area contributed by atoms with E-state index >= 15 is 0 Å². The maximum absolute atomic E-state index is 11.7. The number of hydrogen-bond donors (Lipinski definition) is 2. The number of hydrogen-bond acceptors (Lipinski definition) is 6. The van der Waals surface area contributed by atoms with Gasteiger partial charge in [0, 0.05) is 35.9 Å². The van der Waals surface area contributed by atoms with Crippen molar-refractivity contribution in [2.75, 3.05) is 5.32 Å². The Bertz CT molecular complexity index is 744. The smallest absolute Gasteiger partial charge is 0.303 e.